The molecule has 2 heterocycles. The number of hydrogen-bond donors (Lipinski definition) is 0. The van der Waals surface area contributed by atoms with Crippen molar-refractivity contribution >= 4 is 0 Å². The Morgan fingerprint density at radius 2 is 0.709 bits per heavy atom. The van der Waals surface area contributed by atoms with Crippen molar-refractivity contribution in [2.24, 2.45) is 0 Å². The summed E-state index contributed by atoms with van der Waals surface area (Å²) in [7, 11) is 0. The van der Waals surface area contributed by atoms with Gasteiger partial charge in [-0.3, -0.25) is 0 Å². The second-order valence-electron chi connectivity index (χ2n) is 14.2. The van der Waals surface area contributed by atoms with Crippen molar-refractivity contribution in [3.63, 3.8) is 0 Å². The van der Waals surface area contributed by atoms with Gasteiger partial charge in [0.2, 0.25) is 0 Å². The quantitative estimate of drug-likeness (QED) is 0.179. The van der Waals surface area contributed by atoms with E-state index in [0.29, 0.717) is 23.2 Å². The summed E-state index contributed by atoms with van der Waals surface area (Å²) < 4.78 is 0. The summed E-state index contributed by atoms with van der Waals surface area (Å²) in [4.78, 5) is 20.6. The number of pyridine rings is 1. The molecule has 0 saturated carbocycles. The van der Waals surface area contributed by atoms with Crippen molar-refractivity contribution in [1.29, 1.82) is 0 Å². The minimum Gasteiger partial charge on any atom is -0.244 e. The summed E-state index contributed by atoms with van der Waals surface area (Å²) in [6, 6.07) is 68.5. The van der Waals surface area contributed by atoms with Crippen LogP contribution < -0.4 is 0 Å². The Morgan fingerprint density at radius 1 is 0.255 bits per heavy atom. The van der Waals surface area contributed by atoms with E-state index in [4.69, 9.17) is 19.9 Å². The first-order valence-corrected chi connectivity index (χ1v) is 18.6. The molecule has 55 heavy (non-hydrogen) atoms. The number of aromatic nitrogens is 4. The molecule has 0 fully saturated rings. The maximum absolute atomic E-state index is 5.21. The standard InChI is InChI=1S/C51H32N4/c1-3-15-33(16-4-1)35-19-13-20-36(31-35)48-53-49(55-50(54-48)47-28-14-27-46(52-47)34-17-5-2-6-18-34)37-29-30-45-41(32-37)40-23-9-12-26-44(40)51(45)42-24-10-7-21-38(42)39-22-8-11-25-43(39)51/h1-32H. The van der Waals surface area contributed by atoms with E-state index in [9.17, 15) is 0 Å². The van der Waals surface area contributed by atoms with Gasteiger partial charge in [0, 0.05) is 16.7 Å². The van der Waals surface area contributed by atoms with Gasteiger partial charge in [0.05, 0.1) is 11.1 Å². The van der Waals surface area contributed by atoms with Crippen LogP contribution in [0.15, 0.2) is 194 Å². The Balaban J connectivity index is 1.11. The topological polar surface area (TPSA) is 51.6 Å². The zero-order valence-corrected chi connectivity index (χ0v) is 29.8. The molecule has 11 rings (SSSR count). The maximum atomic E-state index is 5.21. The van der Waals surface area contributed by atoms with Crippen LogP contribution in [0.2, 0.25) is 0 Å². The third-order valence-electron chi connectivity index (χ3n) is 11.2. The van der Waals surface area contributed by atoms with Crippen LogP contribution in [-0.4, -0.2) is 19.9 Å². The van der Waals surface area contributed by atoms with E-state index in [-0.39, 0.29) is 0 Å². The number of hydrogen-bond acceptors (Lipinski definition) is 4. The van der Waals surface area contributed by atoms with E-state index < -0.39 is 5.41 Å². The van der Waals surface area contributed by atoms with Crippen molar-refractivity contribution in [2.45, 2.75) is 5.41 Å². The van der Waals surface area contributed by atoms with Gasteiger partial charge < -0.3 is 0 Å². The van der Waals surface area contributed by atoms with Gasteiger partial charge in [0.1, 0.15) is 5.69 Å². The number of rotatable bonds is 5. The fourth-order valence-corrected chi connectivity index (χ4v) is 8.78. The third kappa shape index (κ3) is 4.85. The van der Waals surface area contributed by atoms with Crippen LogP contribution in [0.5, 0.6) is 0 Å². The highest BCUT2D eigenvalue weighted by molar-refractivity contribution is 5.95. The molecule has 0 saturated heterocycles. The lowest BCUT2D eigenvalue weighted by Crippen LogP contribution is -2.25. The summed E-state index contributed by atoms with van der Waals surface area (Å²) in [5, 5.41) is 0. The molecule has 0 aliphatic heterocycles. The van der Waals surface area contributed by atoms with Crippen molar-refractivity contribution in [3.05, 3.63) is 216 Å². The van der Waals surface area contributed by atoms with Gasteiger partial charge in [-0.15, -0.1) is 0 Å². The van der Waals surface area contributed by atoms with Crippen LogP contribution in [0.3, 0.4) is 0 Å². The van der Waals surface area contributed by atoms with Crippen molar-refractivity contribution in [3.8, 4) is 78.9 Å². The molecule has 7 aromatic carbocycles. The third-order valence-corrected chi connectivity index (χ3v) is 11.2. The minimum atomic E-state index is -0.410. The predicted octanol–water partition coefficient (Wildman–Crippen LogP) is 11.9. The normalized spacial score (nSPS) is 12.9. The highest BCUT2D eigenvalue weighted by Gasteiger charge is 2.51. The summed E-state index contributed by atoms with van der Waals surface area (Å²) >= 11 is 0. The monoisotopic (exact) mass is 700 g/mol. The zero-order valence-electron chi connectivity index (χ0n) is 29.8. The van der Waals surface area contributed by atoms with Gasteiger partial charge in [-0.1, -0.05) is 170 Å². The van der Waals surface area contributed by atoms with E-state index in [1.165, 1.54) is 44.5 Å². The molecule has 2 aliphatic carbocycles. The van der Waals surface area contributed by atoms with Gasteiger partial charge in [-0.05, 0) is 79.9 Å². The van der Waals surface area contributed by atoms with Crippen LogP contribution in [0.25, 0.3) is 78.9 Å². The fourth-order valence-electron chi connectivity index (χ4n) is 8.78. The van der Waals surface area contributed by atoms with Crippen LogP contribution in [0.1, 0.15) is 22.3 Å². The average molecular weight is 701 g/mol. The summed E-state index contributed by atoms with van der Waals surface area (Å²) in [5.41, 5.74) is 16.5. The van der Waals surface area contributed by atoms with Crippen LogP contribution in [-0.2, 0) is 5.41 Å². The average Bonchev–Trinajstić information content (AvgIpc) is 3.74. The second kappa shape index (κ2) is 12.4. The number of nitrogens with zero attached hydrogens (tertiary/aromatic N) is 4. The molecule has 0 amide bonds. The van der Waals surface area contributed by atoms with E-state index in [0.717, 1.165) is 33.5 Å². The molecule has 0 radical (unpaired) electrons. The van der Waals surface area contributed by atoms with Gasteiger partial charge in [0.15, 0.2) is 17.5 Å². The lowest BCUT2D eigenvalue weighted by molar-refractivity contribution is 0.794. The highest BCUT2D eigenvalue weighted by Crippen LogP contribution is 2.62. The Kier molecular flexibility index (Phi) is 7.04. The highest BCUT2D eigenvalue weighted by atomic mass is 15.0. The molecule has 2 aliphatic rings. The van der Waals surface area contributed by atoms with Gasteiger partial charge in [0.25, 0.3) is 0 Å². The molecule has 256 valence electrons. The van der Waals surface area contributed by atoms with E-state index in [2.05, 4.69) is 152 Å². The molecule has 0 unspecified atom stereocenters. The van der Waals surface area contributed by atoms with Gasteiger partial charge in [-0.25, -0.2) is 19.9 Å². The Morgan fingerprint density at radius 3 is 1.36 bits per heavy atom. The smallest absolute Gasteiger partial charge is 0.182 e. The summed E-state index contributed by atoms with van der Waals surface area (Å²) in [5.74, 6) is 1.73. The molecule has 0 atom stereocenters. The molecular formula is C51H32N4. The zero-order chi connectivity index (χ0) is 36.3. The van der Waals surface area contributed by atoms with E-state index in [1.54, 1.807) is 0 Å². The summed E-state index contributed by atoms with van der Waals surface area (Å²) in [6.45, 7) is 0. The molecule has 9 aromatic rings. The van der Waals surface area contributed by atoms with Gasteiger partial charge in [-0.2, -0.15) is 0 Å². The predicted molar refractivity (Wildman–Crippen MR) is 221 cm³/mol. The first-order valence-electron chi connectivity index (χ1n) is 18.6. The largest absolute Gasteiger partial charge is 0.244 e. The molecule has 0 N–H and O–H groups in total. The maximum Gasteiger partial charge on any atom is 0.182 e. The number of fused-ring (bicyclic) bond motifs is 10. The molecule has 0 bridgehead atoms. The summed E-state index contributed by atoms with van der Waals surface area (Å²) in [6.07, 6.45) is 0. The first kappa shape index (κ1) is 31.2. The Hall–Kier alpha value is -7.30. The lowest BCUT2D eigenvalue weighted by Gasteiger charge is -2.30. The molecule has 4 heteroatoms. The van der Waals surface area contributed by atoms with Crippen molar-refractivity contribution in [2.75, 3.05) is 0 Å². The Bertz CT molecular complexity index is 2790. The van der Waals surface area contributed by atoms with E-state index >= 15 is 0 Å². The van der Waals surface area contributed by atoms with Crippen molar-refractivity contribution < 1.29 is 0 Å². The fraction of sp³-hybridized carbons (Fsp3) is 0.0196. The lowest BCUT2D eigenvalue weighted by atomic mass is 9.70. The molecule has 2 aromatic heterocycles. The Labute approximate surface area is 319 Å². The van der Waals surface area contributed by atoms with E-state index in [1.807, 2.05) is 42.5 Å². The SMILES string of the molecule is c1ccc(-c2cccc(-c3nc(-c4ccc5c(c4)-c4ccccc4C54c5ccccc5-c5ccccc54)nc(-c4cccc(-c5ccccc5)n4)n3)c2)cc1. The van der Waals surface area contributed by atoms with Crippen LogP contribution >= 0.6 is 0 Å². The minimum absolute atomic E-state index is 0.410. The molecular weight excluding hydrogens is 669 g/mol. The first-order chi connectivity index (χ1) is 27.3. The second-order valence-corrected chi connectivity index (χ2v) is 14.2. The van der Waals surface area contributed by atoms with Crippen LogP contribution in [0.4, 0.5) is 0 Å². The molecule has 4 nitrogen and oxygen atoms in total. The molecule has 1 spiro atoms. The number of benzene rings is 7. The van der Waals surface area contributed by atoms with Gasteiger partial charge >= 0.3 is 0 Å². The van der Waals surface area contributed by atoms with Crippen LogP contribution in [0, 0.1) is 0 Å². The van der Waals surface area contributed by atoms with Crippen molar-refractivity contribution in [1.82, 2.24) is 19.9 Å².